The summed E-state index contributed by atoms with van der Waals surface area (Å²) in [4.78, 5) is 26.9. The molecular weight excluding hydrogens is 504 g/mol. The number of halogens is 4. The van der Waals surface area contributed by atoms with E-state index in [0.717, 1.165) is 17.8 Å². The minimum Gasteiger partial charge on any atom is -0.483 e. The molecule has 1 aliphatic heterocycles. The molecule has 0 N–H and O–H groups in total. The van der Waals surface area contributed by atoms with Crippen molar-refractivity contribution in [1.82, 2.24) is 19.9 Å². The van der Waals surface area contributed by atoms with Crippen molar-refractivity contribution in [2.45, 2.75) is 70.1 Å². The summed E-state index contributed by atoms with van der Waals surface area (Å²) in [5.74, 6) is 1.22. The van der Waals surface area contributed by atoms with E-state index in [9.17, 15) is 18.0 Å². The fourth-order valence-corrected chi connectivity index (χ4v) is 5.08. The van der Waals surface area contributed by atoms with Gasteiger partial charge in [0.2, 0.25) is 5.88 Å². The van der Waals surface area contributed by atoms with Crippen LogP contribution in [0.4, 0.5) is 17.6 Å². The lowest BCUT2D eigenvalue weighted by Gasteiger charge is -2.35. The number of alkyl halides is 4. The van der Waals surface area contributed by atoms with Crippen molar-refractivity contribution in [3.63, 3.8) is 0 Å². The van der Waals surface area contributed by atoms with Crippen LogP contribution in [0.2, 0.25) is 0 Å². The molecule has 1 fully saturated rings. The third-order valence-corrected chi connectivity index (χ3v) is 7.34. The van der Waals surface area contributed by atoms with Crippen molar-refractivity contribution in [2.24, 2.45) is 5.92 Å². The number of nitrogens with zero attached hydrogens (tertiary/aromatic N) is 4. The molecule has 1 aliphatic carbocycles. The molecular formula is C27H34F4N4O3. The second kappa shape index (κ2) is 12.4. The summed E-state index contributed by atoms with van der Waals surface area (Å²) in [5, 5.41) is 0. The van der Waals surface area contributed by atoms with E-state index in [-0.39, 0.29) is 24.2 Å². The SMILES string of the molecule is Cc1ncc(OCC(=O)CC2CCC(F)(CCN3CCc4ccc(OCC(F)(F)F)nc4CC3)CC2)cn1. The van der Waals surface area contributed by atoms with Crippen LogP contribution in [0.5, 0.6) is 11.6 Å². The Hall–Kier alpha value is -2.82. The van der Waals surface area contributed by atoms with Crippen LogP contribution >= 0.6 is 0 Å². The van der Waals surface area contributed by atoms with Crippen LogP contribution in [0.15, 0.2) is 24.5 Å². The van der Waals surface area contributed by atoms with Crippen molar-refractivity contribution < 1.29 is 31.8 Å². The van der Waals surface area contributed by atoms with E-state index in [1.807, 2.05) is 0 Å². The monoisotopic (exact) mass is 538 g/mol. The Morgan fingerprint density at radius 3 is 2.53 bits per heavy atom. The van der Waals surface area contributed by atoms with Gasteiger partial charge in [-0.3, -0.25) is 4.79 Å². The minimum atomic E-state index is -4.41. The van der Waals surface area contributed by atoms with Crippen molar-refractivity contribution in [3.05, 3.63) is 41.6 Å². The highest BCUT2D eigenvalue weighted by atomic mass is 19.4. The molecule has 4 rings (SSSR count). The zero-order chi connectivity index (χ0) is 27.2. The molecule has 0 bridgehead atoms. The average Bonchev–Trinajstić information content (AvgIpc) is 3.09. The zero-order valence-corrected chi connectivity index (χ0v) is 21.6. The van der Waals surface area contributed by atoms with Gasteiger partial charge in [-0.1, -0.05) is 6.07 Å². The number of aromatic nitrogens is 3. The lowest BCUT2D eigenvalue weighted by Crippen LogP contribution is -2.36. The molecule has 2 aromatic rings. The average molecular weight is 539 g/mol. The number of rotatable bonds is 10. The van der Waals surface area contributed by atoms with Crippen LogP contribution in [-0.4, -0.2) is 70.3 Å². The van der Waals surface area contributed by atoms with Gasteiger partial charge in [0.1, 0.15) is 18.1 Å². The lowest BCUT2D eigenvalue weighted by molar-refractivity contribution is -0.154. The lowest BCUT2D eigenvalue weighted by atomic mass is 9.76. The molecule has 2 aliphatic rings. The Balaban J connectivity index is 1.17. The van der Waals surface area contributed by atoms with Gasteiger partial charge in [0.15, 0.2) is 18.1 Å². The molecule has 3 heterocycles. The van der Waals surface area contributed by atoms with Crippen molar-refractivity contribution >= 4 is 5.78 Å². The fraction of sp³-hybridized carbons (Fsp3) is 0.630. The van der Waals surface area contributed by atoms with Crippen LogP contribution in [0.25, 0.3) is 0 Å². The molecule has 2 aromatic heterocycles. The highest BCUT2D eigenvalue weighted by Gasteiger charge is 2.36. The second-order valence-electron chi connectivity index (χ2n) is 10.3. The maximum absolute atomic E-state index is 15.6. The van der Waals surface area contributed by atoms with E-state index in [2.05, 4.69) is 19.9 Å². The number of Topliss-reactive ketones (excluding diaryl/α,β-unsaturated/α-hetero) is 1. The minimum absolute atomic E-state index is 0.00774. The normalized spacial score (nSPS) is 22.4. The number of hydrogen-bond acceptors (Lipinski definition) is 7. The van der Waals surface area contributed by atoms with E-state index in [1.165, 1.54) is 18.5 Å². The van der Waals surface area contributed by atoms with Gasteiger partial charge in [-0.05, 0) is 56.9 Å². The Morgan fingerprint density at radius 1 is 1.11 bits per heavy atom. The van der Waals surface area contributed by atoms with Crippen molar-refractivity contribution in [3.8, 4) is 11.6 Å². The molecule has 0 amide bonds. The van der Waals surface area contributed by atoms with Crippen molar-refractivity contribution in [1.29, 1.82) is 0 Å². The number of carbonyl (C=O) groups excluding carboxylic acids is 1. The number of pyridine rings is 1. The molecule has 7 nitrogen and oxygen atoms in total. The third-order valence-electron chi connectivity index (χ3n) is 7.34. The first-order chi connectivity index (χ1) is 18.1. The second-order valence-corrected chi connectivity index (χ2v) is 10.3. The smallest absolute Gasteiger partial charge is 0.422 e. The quantitative estimate of drug-likeness (QED) is 0.401. The van der Waals surface area contributed by atoms with Crippen molar-refractivity contribution in [2.75, 3.05) is 32.8 Å². The molecule has 0 spiro atoms. The predicted molar refractivity (Wildman–Crippen MR) is 132 cm³/mol. The van der Waals surface area contributed by atoms with Gasteiger partial charge in [-0.25, -0.2) is 19.3 Å². The summed E-state index contributed by atoms with van der Waals surface area (Å²) in [6, 6.07) is 3.25. The Bertz CT molecular complexity index is 1070. The molecule has 0 atom stereocenters. The number of aryl methyl sites for hydroxylation is 1. The number of hydrogen-bond donors (Lipinski definition) is 0. The number of ether oxygens (including phenoxy) is 2. The van der Waals surface area contributed by atoms with Gasteiger partial charge in [0.25, 0.3) is 0 Å². The largest absolute Gasteiger partial charge is 0.483 e. The molecule has 0 aromatic carbocycles. The molecule has 0 radical (unpaired) electrons. The number of fused-ring (bicyclic) bond motifs is 1. The van der Waals surface area contributed by atoms with Crippen LogP contribution in [0.1, 0.15) is 55.6 Å². The Labute approximate surface area is 220 Å². The van der Waals surface area contributed by atoms with Gasteiger partial charge in [-0.15, -0.1) is 0 Å². The van der Waals surface area contributed by atoms with Gasteiger partial charge in [0.05, 0.1) is 12.4 Å². The van der Waals surface area contributed by atoms with E-state index in [0.29, 0.717) is 76.0 Å². The fourth-order valence-electron chi connectivity index (χ4n) is 5.08. The molecule has 0 unspecified atom stereocenters. The summed E-state index contributed by atoms with van der Waals surface area (Å²) in [6.45, 7) is 2.39. The summed E-state index contributed by atoms with van der Waals surface area (Å²) in [7, 11) is 0. The summed E-state index contributed by atoms with van der Waals surface area (Å²) in [5.41, 5.74) is 0.489. The highest BCUT2D eigenvalue weighted by molar-refractivity contribution is 5.80. The summed E-state index contributed by atoms with van der Waals surface area (Å²) < 4.78 is 63.1. The predicted octanol–water partition coefficient (Wildman–Crippen LogP) is 4.85. The van der Waals surface area contributed by atoms with Gasteiger partial charge < -0.3 is 14.4 Å². The van der Waals surface area contributed by atoms with Crippen LogP contribution in [0.3, 0.4) is 0 Å². The van der Waals surface area contributed by atoms with Crippen LogP contribution < -0.4 is 9.47 Å². The maximum Gasteiger partial charge on any atom is 0.422 e. The topological polar surface area (TPSA) is 77.4 Å². The summed E-state index contributed by atoms with van der Waals surface area (Å²) in [6.07, 6.45) is 2.99. The van der Waals surface area contributed by atoms with E-state index < -0.39 is 18.5 Å². The first kappa shape index (κ1) is 28.2. The zero-order valence-electron chi connectivity index (χ0n) is 21.6. The highest BCUT2D eigenvalue weighted by Crippen LogP contribution is 2.39. The van der Waals surface area contributed by atoms with Gasteiger partial charge >= 0.3 is 6.18 Å². The Morgan fingerprint density at radius 2 is 1.82 bits per heavy atom. The first-order valence-corrected chi connectivity index (χ1v) is 13.1. The standard InChI is InChI=1S/C27H34F4N4O3/c1-19-32-15-23(16-33-19)37-17-22(36)14-20-4-8-26(28,9-5-20)10-13-35-11-6-21-2-3-25(34-24(21)7-12-35)38-18-27(29,30)31/h2-3,15-16,20H,4-14,17-18H2,1H3. The van der Waals surface area contributed by atoms with Crippen LogP contribution in [-0.2, 0) is 17.6 Å². The molecule has 1 saturated carbocycles. The van der Waals surface area contributed by atoms with Gasteiger partial charge in [-0.2, -0.15) is 13.2 Å². The first-order valence-electron chi connectivity index (χ1n) is 13.1. The summed E-state index contributed by atoms with van der Waals surface area (Å²) >= 11 is 0. The molecule has 38 heavy (non-hydrogen) atoms. The maximum atomic E-state index is 15.6. The molecule has 11 heteroatoms. The van der Waals surface area contributed by atoms with E-state index >= 15 is 4.39 Å². The number of carbonyl (C=O) groups is 1. The number of ketones is 1. The van der Waals surface area contributed by atoms with Crippen LogP contribution in [0, 0.1) is 12.8 Å². The Kier molecular flexibility index (Phi) is 9.17. The molecule has 208 valence electrons. The van der Waals surface area contributed by atoms with E-state index in [1.54, 1.807) is 13.0 Å². The third kappa shape index (κ3) is 8.61. The van der Waals surface area contributed by atoms with Gasteiger partial charge in [0, 0.05) is 44.2 Å². The molecule has 0 saturated heterocycles. The van der Waals surface area contributed by atoms with E-state index in [4.69, 9.17) is 9.47 Å².